The minimum absolute atomic E-state index is 0.137. The molecular formula is C24H34O4. The third kappa shape index (κ3) is 5.24. The maximum absolute atomic E-state index is 11.9. The van der Waals surface area contributed by atoms with E-state index in [2.05, 4.69) is 45.6 Å². The molecule has 0 aromatic carbocycles. The van der Waals surface area contributed by atoms with Gasteiger partial charge < -0.3 is 9.47 Å². The summed E-state index contributed by atoms with van der Waals surface area (Å²) in [5, 5.41) is 0. The van der Waals surface area contributed by atoms with Crippen molar-refractivity contribution < 1.29 is 19.1 Å². The molecule has 2 rings (SSSR count). The number of ether oxygens (including phenoxy) is 2. The maximum atomic E-state index is 11.9. The van der Waals surface area contributed by atoms with Crippen LogP contribution in [0.2, 0.25) is 0 Å². The molecule has 4 atom stereocenters. The van der Waals surface area contributed by atoms with Gasteiger partial charge in [-0.25, -0.2) is 0 Å². The van der Waals surface area contributed by atoms with Gasteiger partial charge >= 0.3 is 11.9 Å². The molecule has 0 unspecified atom stereocenters. The van der Waals surface area contributed by atoms with Crippen molar-refractivity contribution >= 4 is 11.9 Å². The first-order chi connectivity index (χ1) is 13.1. The zero-order valence-electron chi connectivity index (χ0n) is 18.1. The van der Waals surface area contributed by atoms with Crippen molar-refractivity contribution in [3.8, 4) is 0 Å². The third-order valence-corrected chi connectivity index (χ3v) is 5.79. The summed E-state index contributed by atoms with van der Waals surface area (Å²) in [5.74, 6) is -0.0218. The van der Waals surface area contributed by atoms with Crippen LogP contribution in [0.4, 0.5) is 0 Å². The van der Waals surface area contributed by atoms with Crippen molar-refractivity contribution in [1.29, 1.82) is 0 Å². The molecule has 0 fully saturated rings. The number of fused-ring (bicyclic) bond motifs is 1. The maximum Gasteiger partial charge on any atom is 0.303 e. The summed E-state index contributed by atoms with van der Waals surface area (Å²) in [6, 6.07) is 0. The van der Waals surface area contributed by atoms with Crippen LogP contribution in [-0.4, -0.2) is 24.1 Å². The largest absolute Gasteiger partial charge is 0.454 e. The fraction of sp³-hybridized carbons (Fsp3) is 0.583. The van der Waals surface area contributed by atoms with E-state index >= 15 is 0 Å². The monoisotopic (exact) mass is 386 g/mol. The molecule has 0 aliphatic heterocycles. The average Bonchev–Trinajstić information content (AvgIpc) is 2.94. The van der Waals surface area contributed by atoms with Gasteiger partial charge in [0.1, 0.15) is 0 Å². The van der Waals surface area contributed by atoms with Gasteiger partial charge in [-0.15, -0.1) is 0 Å². The Morgan fingerprint density at radius 3 is 2.21 bits per heavy atom. The molecule has 0 radical (unpaired) electrons. The lowest BCUT2D eigenvalue weighted by Gasteiger charge is -2.32. The average molecular weight is 387 g/mol. The zero-order valence-corrected chi connectivity index (χ0v) is 18.1. The number of hydrogen-bond donors (Lipinski definition) is 0. The standard InChI is InChI=1S/C24H34O4/c1-14(2)21-13-22-16(4)11-12-20(22)15(3)9-8-10-17(5)23(27-18(6)25)24(21)28-19(7)26/h10-11,13-14,20,22-24H,3,8-9,12H2,1-2,4-7H3/b17-10+,21-13-/t20-,22+,23+,24+/m0/s1. The lowest BCUT2D eigenvalue weighted by Crippen LogP contribution is -2.38. The van der Waals surface area contributed by atoms with Crippen molar-refractivity contribution in [3.05, 3.63) is 47.1 Å². The van der Waals surface area contributed by atoms with Gasteiger partial charge in [0.15, 0.2) is 12.2 Å². The molecule has 4 heteroatoms. The second kappa shape index (κ2) is 9.40. The Morgan fingerprint density at radius 1 is 1.04 bits per heavy atom. The van der Waals surface area contributed by atoms with Gasteiger partial charge in [-0.05, 0) is 56.1 Å². The minimum atomic E-state index is -0.627. The van der Waals surface area contributed by atoms with Crippen LogP contribution in [0.3, 0.4) is 0 Å². The van der Waals surface area contributed by atoms with Crippen molar-refractivity contribution in [2.75, 3.05) is 0 Å². The summed E-state index contributed by atoms with van der Waals surface area (Å²) in [6.45, 7) is 15.4. The molecule has 0 saturated carbocycles. The molecule has 0 aromatic rings. The highest BCUT2D eigenvalue weighted by molar-refractivity contribution is 5.68. The van der Waals surface area contributed by atoms with Gasteiger partial charge in [0.05, 0.1) is 0 Å². The second-order valence-corrected chi connectivity index (χ2v) is 8.34. The summed E-state index contributed by atoms with van der Waals surface area (Å²) in [5.41, 5.74) is 4.46. The Morgan fingerprint density at radius 2 is 1.64 bits per heavy atom. The van der Waals surface area contributed by atoms with Gasteiger partial charge in [-0.2, -0.15) is 0 Å². The predicted octanol–water partition coefficient (Wildman–Crippen LogP) is 5.31. The van der Waals surface area contributed by atoms with E-state index in [0.29, 0.717) is 5.92 Å². The lowest BCUT2D eigenvalue weighted by atomic mass is 9.81. The molecule has 0 heterocycles. The number of esters is 2. The Balaban J connectivity index is 2.63. The summed E-state index contributed by atoms with van der Waals surface area (Å²) in [4.78, 5) is 23.8. The molecule has 0 N–H and O–H groups in total. The fourth-order valence-electron chi connectivity index (χ4n) is 4.25. The molecule has 2 aliphatic carbocycles. The first-order valence-electron chi connectivity index (χ1n) is 10.2. The van der Waals surface area contributed by atoms with Crippen molar-refractivity contribution in [2.24, 2.45) is 17.8 Å². The van der Waals surface area contributed by atoms with E-state index in [9.17, 15) is 9.59 Å². The number of carbonyl (C=O) groups is 2. The van der Waals surface area contributed by atoms with E-state index in [1.807, 2.05) is 6.92 Å². The van der Waals surface area contributed by atoms with Crippen molar-refractivity contribution in [1.82, 2.24) is 0 Å². The summed E-state index contributed by atoms with van der Waals surface area (Å²) in [7, 11) is 0. The van der Waals surface area contributed by atoms with E-state index in [1.165, 1.54) is 25.0 Å². The number of rotatable bonds is 3. The van der Waals surface area contributed by atoms with E-state index in [4.69, 9.17) is 9.47 Å². The van der Waals surface area contributed by atoms with Crippen molar-refractivity contribution in [3.63, 3.8) is 0 Å². The second-order valence-electron chi connectivity index (χ2n) is 8.34. The summed E-state index contributed by atoms with van der Waals surface area (Å²) >= 11 is 0. The van der Waals surface area contributed by atoms with Crippen molar-refractivity contribution in [2.45, 2.75) is 73.0 Å². The van der Waals surface area contributed by atoms with E-state index in [0.717, 1.165) is 30.4 Å². The van der Waals surface area contributed by atoms with Crippen LogP contribution < -0.4 is 0 Å². The van der Waals surface area contributed by atoms with Gasteiger partial charge in [-0.1, -0.05) is 49.8 Å². The van der Waals surface area contributed by atoms with Gasteiger partial charge in [0.2, 0.25) is 0 Å². The van der Waals surface area contributed by atoms with Gasteiger partial charge in [0.25, 0.3) is 0 Å². The van der Waals surface area contributed by atoms with E-state index in [-0.39, 0.29) is 23.8 Å². The summed E-state index contributed by atoms with van der Waals surface area (Å²) < 4.78 is 11.4. The Kier molecular flexibility index (Phi) is 7.45. The topological polar surface area (TPSA) is 52.6 Å². The predicted molar refractivity (Wildman–Crippen MR) is 112 cm³/mol. The quantitative estimate of drug-likeness (QED) is 0.487. The highest BCUT2D eigenvalue weighted by Gasteiger charge is 2.36. The Hall–Kier alpha value is -2.10. The van der Waals surface area contributed by atoms with Crippen LogP contribution in [-0.2, 0) is 19.1 Å². The molecule has 4 nitrogen and oxygen atoms in total. The molecule has 0 amide bonds. The van der Waals surface area contributed by atoms with Crippen LogP contribution in [0.1, 0.15) is 60.8 Å². The Bertz CT molecular complexity index is 723. The van der Waals surface area contributed by atoms with Gasteiger partial charge in [0, 0.05) is 19.8 Å². The normalized spacial score (nSPS) is 32.2. The SMILES string of the molecule is C=C1CC/C=C(\C)[C@@H](OC(C)=O)[C@H](OC(C)=O)/C(C(C)C)=C\[C@@H]2C(C)=CC[C@@H]12. The van der Waals surface area contributed by atoms with Crippen LogP contribution >= 0.6 is 0 Å². The minimum Gasteiger partial charge on any atom is -0.454 e. The molecule has 0 aromatic heterocycles. The Labute approximate surface area is 169 Å². The molecule has 0 bridgehead atoms. The lowest BCUT2D eigenvalue weighted by molar-refractivity contribution is -0.160. The molecular weight excluding hydrogens is 352 g/mol. The summed E-state index contributed by atoms with van der Waals surface area (Å²) in [6.07, 6.45) is 8.08. The van der Waals surface area contributed by atoms with Crippen LogP contribution in [0, 0.1) is 17.8 Å². The molecule has 154 valence electrons. The number of allylic oxidation sites excluding steroid dienone is 5. The number of carbonyl (C=O) groups excluding carboxylic acids is 2. The molecule has 0 spiro atoms. The fourth-order valence-corrected chi connectivity index (χ4v) is 4.25. The third-order valence-electron chi connectivity index (χ3n) is 5.79. The van der Waals surface area contributed by atoms with E-state index < -0.39 is 12.2 Å². The number of hydrogen-bond acceptors (Lipinski definition) is 4. The van der Waals surface area contributed by atoms with E-state index in [1.54, 1.807) is 0 Å². The highest BCUT2D eigenvalue weighted by Crippen LogP contribution is 2.41. The van der Waals surface area contributed by atoms with Crippen LogP contribution in [0.25, 0.3) is 0 Å². The zero-order chi connectivity index (χ0) is 21.0. The van der Waals surface area contributed by atoms with Gasteiger partial charge in [-0.3, -0.25) is 9.59 Å². The van der Waals surface area contributed by atoms with Crippen LogP contribution in [0.5, 0.6) is 0 Å². The van der Waals surface area contributed by atoms with Crippen LogP contribution in [0.15, 0.2) is 47.1 Å². The first kappa shape index (κ1) is 22.2. The molecule has 28 heavy (non-hydrogen) atoms. The molecule has 2 aliphatic rings. The molecule has 0 saturated heterocycles. The highest BCUT2D eigenvalue weighted by atomic mass is 16.6. The first-order valence-corrected chi connectivity index (χ1v) is 10.2. The smallest absolute Gasteiger partial charge is 0.303 e.